The Bertz CT molecular complexity index is 999. The average molecular weight is 572 g/mol. The smallest absolute Gasteiger partial charge is 0.507 e. The molecule has 0 atom stereocenters. The van der Waals surface area contributed by atoms with Gasteiger partial charge in [-0.05, 0) is 31.9 Å². The third-order valence-corrected chi connectivity index (χ3v) is 5.59. The van der Waals surface area contributed by atoms with Gasteiger partial charge < -0.3 is 19.6 Å². The van der Waals surface area contributed by atoms with Gasteiger partial charge in [-0.3, -0.25) is 0 Å². The van der Waals surface area contributed by atoms with Gasteiger partial charge in [-0.2, -0.15) is 61.9 Å². The van der Waals surface area contributed by atoms with Crippen LogP contribution in [0.1, 0.15) is 17.5 Å². The number of fused-ring (bicyclic) bond motifs is 6. The largest absolute Gasteiger partial charge is 4.00 e. The van der Waals surface area contributed by atoms with E-state index < -0.39 is 0 Å². The zero-order valence-corrected chi connectivity index (χ0v) is 18.6. The number of anilines is 2. The molecule has 0 amide bonds. The van der Waals surface area contributed by atoms with Gasteiger partial charge in [-0.1, -0.05) is 23.5 Å². The van der Waals surface area contributed by atoms with Gasteiger partial charge >= 0.3 is 21.1 Å². The van der Waals surface area contributed by atoms with E-state index in [1.54, 1.807) is 0 Å². The van der Waals surface area contributed by atoms with Crippen molar-refractivity contribution >= 4 is 23.5 Å². The van der Waals surface area contributed by atoms with Crippen molar-refractivity contribution in [3.05, 3.63) is 109 Å². The van der Waals surface area contributed by atoms with Crippen molar-refractivity contribution in [1.82, 2.24) is 9.80 Å². The van der Waals surface area contributed by atoms with Crippen LogP contribution >= 0.6 is 0 Å². The van der Waals surface area contributed by atoms with Crippen molar-refractivity contribution in [2.45, 2.75) is 6.42 Å². The SMILES string of the molecule is [Pt+4].[c-]1cccc2c1N1[CH-]N(CCCN3C=C4C=Cc5ccc[c-]c5N4[CH-]3)C=C1C=C2. The maximum Gasteiger partial charge on any atom is 4.00 e. The van der Waals surface area contributed by atoms with Crippen LogP contribution in [0.4, 0.5) is 11.4 Å². The summed E-state index contributed by atoms with van der Waals surface area (Å²) in [4.78, 5) is 8.98. The molecule has 6 rings (SSSR count). The third kappa shape index (κ3) is 3.29. The number of nitrogens with zero attached hydrogens (tertiary/aromatic N) is 4. The summed E-state index contributed by atoms with van der Waals surface area (Å²) in [6, 6.07) is 19.0. The molecule has 0 saturated carbocycles. The number of hydrogen-bond donors (Lipinski definition) is 0. The van der Waals surface area contributed by atoms with E-state index in [9.17, 15) is 0 Å². The summed E-state index contributed by atoms with van der Waals surface area (Å²) in [5, 5.41) is 0. The van der Waals surface area contributed by atoms with E-state index in [1.165, 1.54) is 22.5 Å². The molecule has 0 unspecified atom stereocenters. The number of rotatable bonds is 4. The molecule has 0 aliphatic carbocycles. The molecule has 0 aromatic heterocycles. The fraction of sp³-hybridized carbons (Fsp3) is 0.120. The van der Waals surface area contributed by atoms with Gasteiger partial charge in [-0.15, -0.1) is 23.3 Å². The Morgan fingerprint density at radius 1 is 0.700 bits per heavy atom. The second-order valence-electron chi connectivity index (χ2n) is 7.52. The molecule has 0 spiro atoms. The fourth-order valence-electron chi connectivity index (χ4n) is 4.18. The van der Waals surface area contributed by atoms with Gasteiger partial charge in [0, 0.05) is 11.4 Å². The molecule has 5 heteroatoms. The predicted molar refractivity (Wildman–Crippen MR) is 116 cm³/mol. The van der Waals surface area contributed by atoms with Crippen molar-refractivity contribution in [2.24, 2.45) is 0 Å². The molecule has 0 fully saturated rings. The molecular formula is C25H20N4Pt. The van der Waals surface area contributed by atoms with Crippen LogP contribution in [-0.4, -0.2) is 22.9 Å². The molecule has 4 aliphatic rings. The summed E-state index contributed by atoms with van der Waals surface area (Å²) < 4.78 is 0. The molecule has 4 aliphatic heterocycles. The van der Waals surface area contributed by atoms with E-state index >= 15 is 0 Å². The van der Waals surface area contributed by atoms with E-state index in [0.717, 1.165) is 30.9 Å². The summed E-state index contributed by atoms with van der Waals surface area (Å²) in [6.07, 6.45) is 14.2. The maximum absolute atomic E-state index is 3.36. The van der Waals surface area contributed by atoms with E-state index in [1.807, 2.05) is 24.3 Å². The Kier molecular flexibility index (Phi) is 5.04. The van der Waals surface area contributed by atoms with E-state index in [-0.39, 0.29) is 21.1 Å². The first-order valence-electron chi connectivity index (χ1n) is 9.96. The molecule has 2 aromatic rings. The van der Waals surface area contributed by atoms with Crippen LogP contribution in [0, 0.1) is 25.5 Å². The monoisotopic (exact) mass is 571 g/mol. The van der Waals surface area contributed by atoms with E-state index in [2.05, 4.69) is 93.9 Å². The zero-order chi connectivity index (χ0) is 19.2. The molecule has 30 heavy (non-hydrogen) atoms. The number of allylic oxidation sites excluding steroid dienone is 2. The summed E-state index contributed by atoms with van der Waals surface area (Å²) in [5.74, 6) is 0. The normalized spacial score (nSPS) is 17.7. The van der Waals surface area contributed by atoms with E-state index in [4.69, 9.17) is 0 Å². The predicted octanol–water partition coefficient (Wildman–Crippen LogP) is 4.59. The second-order valence-corrected chi connectivity index (χ2v) is 7.52. The third-order valence-electron chi connectivity index (χ3n) is 5.59. The Balaban J connectivity index is 0.00000193. The van der Waals surface area contributed by atoms with Crippen LogP contribution in [-0.2, 0) is 21.1 Å². The number of benzene rings is 2. The van der Waals surface area contributed by atoms with Gasteiger partial charge in [-0.25, -0.2) is 0 Å². The minimum atomic E-state index is 0. The van der Waals surface area contributed by atoms with Crippen molar-refractivity contribution in [2.75, 3.05) is 22.9 Å². The zero-order valence-electron chi connectivity index (χ0n) is 16.3. The number of hydrogen-bond acceptors (Lipinski definition) is 4. The van der Waals surface area contributed by atoms with Crippen LogP contribution in [0.5, 0.6) is 0 Å². The molecule has 0 radical (unpaired) electrons. The van der Waals surface area contributed by atoms with Crippen LogP contribution < -0.4 is 9.80 Å². The van der Waals surface area contributed by atoms with Crippen molar-refractivity contribution in [1.29, 1.82) is 0 Å². The van der Waals surface area contributed by atoms with Crippen LogP contribution in [0.2, 0.25) is 0 Å². The van der Waals surface area contributed by atoms with Crippen molar-refractivity contribution in [3.63, 3.8) is 0 Å². The Hall–Kier alpha value is -2.71. The number of para-hydroxylation sites is 2. The van der Waals surface area contributed by atoms with Gasteiger partial charge in [0.25, 0.3) is 0 Å². The van der Waals surface area contributed by atoms with Gasteiger partial charge in [0.05, 0.1) is 0 Å². The minimum Gasteiger partial charge on any atom is -0.507 e. The molecule has 4 heterocycles. The molecule has 0 N–H and O–H groups in total. The van der Waals surface area contributed by atoms with Crippen LogP contribution in [0.25, 0.3) is 12.2 Å². The molecular weight excluding hydrogens is 551 g/mol. The quantitative estimate of drug-likeness (QED) is 0.498. The first-order chi connectivity index (χ1) is 14.3. The van der Waals surface area contributed by atoms with Crippen molar-refractivity contribution < 1.29 is 21.1 Å². The summed E-state index contributed by atoms with van der Waals surface area (Å²) >= 11 is 0. The van der Waals surface area contributed by atoms with Gasteiger partial charge in [0.15, 0.2) is 0 Å². The molecule has 150 valence electrons. The molecule has 0 saturated heterocycles. The van der Waals surface area contributed by atoms with Crippen LogP contribution in [0.15, 0.2) is 72.3 Å². The van der Waals surface area contributed by atoms with Crippen molar-refractivity contribution in [3.8, 4) is 0 Å². The summed E-state index contributed by atoms with van der Waals surface area (Å²) in [5.41, 5.74) is 7.07. The Morgan fingerprint density at radius 3 is 1.70 bits per heavy atom. The van der Waals surface area contributed by atoms with Crippen LogP contribution in [0.3, 0.4) is 0 Å². The average Bonchev–Trinajstić information content (AvgIpc) is 3.37. The maximum atomic E-state index is 3.36. The topological polar surface area (TPSA) is 13.0 Å². The molecule has 2 aromatic carbocycles. The van der Waals surface area contributed by atoms with Gasteiger partial charge in [0.2, 0.25) is 0 Å². The Labute approximate surface area is 192 Å². The Morgan fingerprint density at radius 2 is 1.20 bits per heavy atom. The summed E-state index contributed by atoms with van der Waals surface area (Å²) in [6.45, 7) is 6.30. The van der Waals surface area contributed by atoms with E-state index in [0.29, 0.717) is 0 Å². The minimum absolute atomic E-state index is 0. The van der Waals surface area contributed by atoms with Gasteiger partial charge in [0.1, 0.15) is 0 Å². The fourth-order valence-corrected chi connectivity index (χ4v) is 4.18. The molecule has 0 bridgehead atoms. The summed E-state index contributed by atoms with van der Waals surface area (Å²) in [7, 11) is 0. The standard InChI is InChI=1S/C25H20N4.Pt/c1-3-8-24-20(6-1)10-12-22-16-26(18-28(22)24)14-5-15-27-17-23-13-11-21-7-2-4-9-25(21)29(23)19-27;/h1-4,6-7,10-13,16-19H,5,14-15H2;/q-4;+4. The molecule has 4 nitrogen and oxygen atoms in total. The first kappa shape index (κ1) is 19.3. The second kappa shape index (κ2) is 7.85. The first-order valence-corrected chi connectivity index (χ1v) is 9.96.